The molecule has 0 radical (unpaired) electrons. The lowest BCUT2D eigenvalue weighted by Crippen LogP contribution is -2.11. The predicted molar refractivity (Wildman–Crippen MR) is 64.0 cm³/mol. The van der Waals surface area contributed by atoms with Gasteiger partial charge in [-0.15, -0.1) is 10.2 Å². The molecule has 0 atom stereocenters. The summed E-state index contributed by atoms with van der Waals surface area (Å²) in [4.78, 5) is 11.6. The van der Waals surface area contributed by atoms with E-state index in [2.05, 4.69) is 39.7 Å². The second-order valence-electron chi connectivity index (χ2n) is 4.12. The summed E-state index contributed by atoms with van der Waals surface area (Å²) in [5, 5.41) is 20.1. The fourth-order valence-electron chi connectivity index (χ4n) is 1.58. The van der Waals surface area contributed by atoms with Crippen molar-refractivity contribution >= 4 is 5.97 Å². The Labute approximate surface area is 104 Å². The van der Waals surface area contributed by atoms with Gasteiger partial charge in [0.05, 0.1) is 0 Å². The number of benzene rings is 1. The quantitative estimate of drug-likeness (QED) is 0.845. The largest absolute Gasteiger partial charge is 0.480 e. The van der Waals surface area contributed by atoms with Crippen LogP contribution < -0.4 is 0 Å². The fourth-order valence-corrected chi connectivity index (χ4v) is 1.58. The van der Waals surface area contributed by atoms with Crippen molar-refractivity contribution < 1.29 is 9.90 Å². The lowest BCUT2D eigenvalue weighted by molar-refractivity contribution is -0.138. The molecule has 0 aliphatic carbocycles. The maximum absolute atomic E-state index is 10.5. The van der Waals surface area contributed by atoms with Crippen molar-refractivity contribution in [3.8, 4) is 0 Å². The van der Waals surface area contributed by atoms with E-state index in [0.29, 0.717) is 12.2 Å². The zero-order valence-corrected chi connectivity index (χ0v) is 10.1. The van der Waals surface area contributed by atoms with Gasteiger partial charge in [0.15, 0.2) is 12.4 Å². The summed E-state index contributed by atoms with van der Waals surface area (Å²) in [6.45, 7) is 1.79. The number of tetrazole rings is 1. The number of aromatic nitrogens is 4. The third-order valence-corrected chi connectivity index (χ3v) is 2.53. The van der Waals surface area contributed by atoms with Gasteiger partial charge in [0.25, 0.3) is 0 Å². The standard InChI is InChI=1S/C12H14N4O2/c1-9-2-4-10(5-3-9)6-7-11-13-15-16(14-11)8-12(17)18/h2-5H,6-8H2,1H3,(H,17,18). The van der Waals surface area contributed by atoms with Crippen molar-refractivity contribution in [1.29, 1.82) is 0 Å². The molecule has 0 spiro atoms. The number of carboxylic acids is 1. The molecule has 0 bridgehead atoms. The minimum atomic E-state index is -0.975. The maximum atomic E-state index is 10.5. The van der Waals surface area contributed by atoms with E-state index in [1.165, 1.54) is 11.1 Å². The zero-order chi connectivity index (χ0) is 13.0. The van der Waals surface area contributed by atoms with Crippen LogP contribution in [0.5, 0.6) is 0 Å². The molecule has 1 N–H and O–H groups in total. The van der Waals surface area contributed by atoms with Gasteiger partial charge >= 0.3 is 5.97 Å². The molecule has 0 saturated heterocycles. The number of carboxylic acid groups (broad SMARTS) is 1. The second kappa shape index (κ2) is 5.39. The number of hydrogen-bond acceptors (Lipinski definition) is 4. The van der Waals surface area contributed by atoms with E-state index in [0.717, 1.165) is 11.2 Å². The number of rotatable bonds is 5. The van der Waals surface area contributed by atoms with Crippen LogP contribution in [0.3, 0.4) is 0 Å². The fraction of sp³-hybridized carbons (Fsp3) is 0.333. The van der Waals surface area contributed by atoms with Crippen molar-refractivity contribution in [3.63, 3.8) is 0 Å². The summed E-state index contributed by atoms with van der Waals surface area (Å²) < 4.78 is 0. The monoisotopic (exact) mass is 246 g/mol. The van der Waals surface area contributed by atoms with Gasteiger partial charge in [0, 0.05) is 6.42 Å². The highest BCUT2D eigenvalue weighted by Crippen LogP contribution is 2.05. The van der Waals surface area contributed by atoms with Gasteiger partial charge in [-0.25, -0.2) is 0 Å². The third kappa shape index (κ3) is 3.38. The van der Waals surface area contributed by atoms with Crippen molar-refractivity contribution in [2.45, 2.75) is 26.3 Å². The molecule has 0 unspecified atom stereocenters. The number of aryl methyl sites for hydroxylation is 3. The highest BCUT2D eigenvalue weighted by Gasteiger charge is 2.06. The molecule has 6 heteroatoms. The molecule has 0 fully saturated rings. The van der Waals surface area contributed by atoms with E-state index in [-0.39, 0.29) is 6.54 Å². The molecule has 6 nitrogen and oxygen atoms in total. The van der Waals surface area contributed by atoms with Crippen LogP contribution >= 0.6 is 0 Å². The Bertz CT molecular complexity index is 533. The molecule has 1 aromatic heterocycles. The van der Waals surface area contributed by atoms with Crippen molar-refractivity contribution in [3.05, 3.63) is 41.2 Å². The summed E-state index contributed by atoms with van der Waals surface area (Å²) in [6.07, 6.45) is 1.47. The van der Waals surface area contributed by atoms with Gasteiger partial charge in [-0.1, -0.05) is 29.8 Å². The van der Waals surface area contributed by atoms with Crippen LogP contribution in [0.25, 0.3) is 0 Å². The first kappa shape index (κ1) is 12.2. The first-order valence-electron chi connectivity index (χ1n) is 5.67. The molecule has 94 valence electrons. The molecule has 1 aromatic carbocycles. The van der Waals surface area contributed by atoms with Gasteiger partial charge < -0.3 is 5.11 Å². The Morgan fingerprint density at radius 1 is 1.28 bits per heavy atom. The molecule has 2 aromatic rings. The number of hydrogen-bond donors (Lipinski definition) is 1. The third-order valence-electron chi connectivity index (χ3n) is 2.53. The van der Waals surface area contributed by atoms with Crippen LogP contribution in [-0.4, -0.2) is 31.3 Å². The molecule has 0 amide bonds. The van der Waals surface area contributed by atoms with Gasteiger partial charge in [0.2, 0.25) is 0 Å². The van der Waals surface area contributed by atoms with Crippen LogP contribution in [0.15, 0.2) is 24.3 Å². The van der Waals surface area contributed by atoms with E-state index in [4.69, 9.17) is 5.11 Å². The number of carbonyl (C=O) groups is 1. The average molecular weight is 246 g/mol. The van der Waals surface area contributed by atoms with Crippen LogP contribution in [0.2, 0.25) is 0 Å². The second-order valence-corrected chi connectivity index (χ2v) is 4.12. The molecular weight excluding hydrogens is 232 g/mol. The molecule has 2 rings (SSSR count). The molecule has 1 heterocycles. The van der Waals surface area contributed by atoms with E-state index in [1.807, 2.05) is 6.92 Å². The first-order chi connectivity index (χ1) is 8.63. The van der Waals surface area contributed by atoms with E-state index in [1.54, 1.807) is 0 Å². The summed E-state index contributed by atoms with van der Waals surface area (Å²) in [7, 11) is 0. The Morgan fingerprint density at radius 3 is 2.67 bits per heavy atom. The Hall–Kier alpha value is -2.24. The Morgan fingerprint density at radius 2 is 2.00 bits per heavy atom. The molecule has 0 aliphatic rings. The Balaban J connectivity index is 1.92. The predicted octanol–water partition coefficient (Wildman–Crippen LogP) is 0.851. The first-order valence-corrected chi connectivity index (χ1v) is 5.67. The maximum Gasteiger partial charge on any atom is 0.327 e. The topological polar surface area (TPSA) is 80.9 Å². The van der Waals surface area contributed by atoms with Crippen LogP contribution in [0.4, 0.5) is 0 Å². The molecule has 18 heavy (non-hydrogen) atoms. The normalized spacial score (nSPS) is 10.5. The smallest absolute Gasteiger partial charge is 0.327 e. The lowest BCUT2D eigenvalue weighted by atomic mass is 10.1. The number of nitrogens with zero attached hydrogens (tertiary/aromatic N) is 4. The van der Waals surface area contributed by atoms with Crippen LogP contribution in [-0.2, 0) is 24.2 Å². The van der Waals surface area contributed by atoms with Gasteiger partial charge in [-0.05, 0) is 24.1 Å². The van der Waals surface area contributed by atoms with E-state index < -0.39 is 5.97 Å². The van der Waals surface area contributed by atoms with Crippen molar-refractivity contribution in [2.75, 3.05) is 0 Å². The van der Waals surface area contributed by atoms with Gasteiger partial charge in [-0.3, -0.25) is 4.79 Å². The highest BCUT2D eigenvalue weighted by atomic mass is 16.4. The Kier molecular flexibility index (Phi) is 3.66. The molecular formula is C12H14N4O2. The van der Waals surface area contributed by atoms with E-state index in [9.17, 15) is 4.79 Å². The van der Waals surface area contributed by atoms with Crippen molar-refractivity contribution in [1.82, 2.24) is 20.2 Å². The van der Waals surface area contributed by atoms with Crippen LogP contribution in [0.1, 0.15) is 17.0 Å². The summed E-state index contributed by atoms with van der Waals surface area (Å²) in [5.41, 5.74) is 2.43. The molecule has 0 saturated carbocycles. The minimum Gasteiger partial charge on any atom is -0.480 e. The SMILES string of the molecule is Cc1ccc(CCc2nnn(CC(=O)O)n2)cc1. The summed E-state index contributed by atoms with van der Waals surface area (Å²) in [5.74, 6) is -0.408. The number of aliphatic carboxylic acids is 1. The minimum absolute atomic E-state index is 0.252. The van der Waals surface area contributed by atoms with Crippen molar-refractivity contribution in [2.24, 2.45) is 0 Å². The lowest BCUT2D eigenvalue weighted by Gasteiger charge is -1.98. The van der Waals surface area contributed by atoms with Gasteiger partial charge in [0.1, 0.15) is 0 Å². The van der Waals surface area contributed by atoms with Crippen LogP contribution in [0, 0.1) is 6.92 Å². The van der Waals surface area contributed by atoms with E-state index >= 15 is 0 Å². The zero-order valence-electron chi connectivity index (χ0n) is 10.1. The highest BCUT2D eigenvalue weighted by molar-refractivity contribution is 5.66. The molecule has 0 aliphatic heterocycles. The average Bonchev–Trinajstić information content (AvgIpc) is 2.75. The summed E-state index contributed by atoms with van der Waals surface area (Å²) >= 11 is 0. The summed E-state index contributed by atoms with van der Waals surface area (Å²) in [6, 6.07) is 8.25. The van der Waals surface area contributed by atoms with Gasteiger partial charge in [-0.2, -0.15) is 4.80 Å².